The normalized spacial score (nSPS) is 17.4. The summed E-state index contributed by atoms with van der Waals surface area (Å²) in [5.41, 5.74) is 8.44. The fourth-order valence-corrected chi connectivity index (χ4v) is 4.36. The van der Waals surface area contributed by atoms with Gasteiger partial charge in [0.15, 0.2) is 0 Å². The molecule has 0 spiro atoms. The summed E-state index contributed by atoms with van der Waals surface area (Å²) in [7, 11) is 2.19. The minimum absolute atomic E-state index is 0.358. The van der Waals surface area contributed by atoms with E-state index in [0.29, 0.717) is 5.92 Å². The van der Waals surface area contributed by atoms with Gasteiger partial charge >= 0.3 is 0 Å². The first-order valence-electron chi connectivity index (χ1n) is 9.28. The molecule has 2 aromatic carbocycles. The summed E-state index contributed by atoms with van der Waals surface area (Å²) in [5.74, 6) is 1.23. The van der Waals surface area contributed by atoms with Crippen LogP contribution in [0.15, 0.2) is 47.1 Å². The van der Waals surface area contributed by atoms with Crippen LogP contribution in [0.2, 0.25) is 0 Å². The zero-order chi connectivity index (χ0) is 18.5. The lowest BCUT2D eigenvalue weighted by Gasteiger charge is -2.33. The Hall–Kier alpha value is -2.92. The first kappa shape index (κ1) is 16.3. The molecule has 0 fully saturated rings. The maximum Gasteiger partial charge on any atom is 0.141 e. The Morgan fingerprint density at radius 1 is 1.15 bits per heavy atom. The first-order valence-corrected chi connectivity index (χ1v) is 9.28. The van der Waals surface area contributed by atoms with Crippen molar-refractivity contribution in [3.05, 3.63) is 70.7 Å². The van der Waals surface area contributed by atoms with Crippen molar-refractivity contribution in [2.75, 3.05) is 13.6 Å². The average molecular weight is 358 g/mol. The molecule has 1 N–H and O–H groups in total. The number of aryl methyl sites for hydroxylation is 2. The topological polar surface area (TPSA) is 58.0 Å². The van der Waals surface area contributed by atoms with Gasteiger partial charge in [0, 0.05) is 30.0 Å². The molecule has 5 rings (SSSR count). The lowest BCUT2D eigenvalue weighted by Crippen LogP contribution is -2.31. The molecular weight excluding hydrogens is 336 g/mol. The molecule has 1 aliphatic rings. The third kappa shape index (κ3) is 2.66. The second-order valence-corrected chi connectivity index (χ2v) is 7.58. The molecule has 0 aliphatic carbocycles. The molecule has 3 heterocycles. The molecule has 4 aromatic rings. The molecule has 27 heavy (non-hydrogen) atoms. The number of likely N-dealkylation sites (N-methyl/N-ethyl adjacent to an activating group) is 1. The van der Waals surface area contributed by atoms with Gasteiger partial charge in [0.05, 0.1) is 17.4 Å². The molecule has 0 saturated carbocycles. The number of benzene rings is 2. The summed E-state index contributed by atoms with van der Waals surface area (Å²) < 4.78 is 5.37. The van der Waals surface area contributed by atoms with Gasteiger partial charge in [0.2, 0.25) is 0 Å². The van der Waals surface area contributed by atoms with Crippen LogP contribution in [0.5, 0.6) is 0 Å². The van der Waals surface area contributed by atoms with Crippen LogP contribution < -0.4 is 0 Å². The van der Waals surface area contributed by atoms with Crippen LogP contribution in [0.25, 0.3) is 22.0 Å². The monoisotopic (exact) mass is 358 g/mol. The van der Waals surface area contributed by atoms with Crippen LogP contribution in [-0.4, -0.2) is 33.8 Å². The quantitative estimate of drug-likeness (QED) is 0.576. The third-order valence-corrected chi connectivity index (χ3v) is 5.64. The summed E-state index contributed by atoms with van der Waals surface area (Å²) in [6.07, 6.45) is 1.90. The Bertz CT molecular complexity index is 1120. The van der Waals surface area contributed by atoms with Crippen molar-refractivity contribution in [2.45, 2.75) is 26.3 Å². The van der Waals surface area contributed by atoms with Crippen molar-refractivity contribution in [1.29, 1.82) is 0 Å². The summed E-state index contributed by atoms with van der Waals surface area (Å²) in [6.45, 7) is 5.95. The van der Waals surface area contributed by atoms with Gasteiger partial charge in [-0.1, -0.05) is 23.4 Å². The number of H-pyrrole nitrogens is 1. The molecular formula is C22H22N4O. The van der Waals surface area contributed by atoms with E-state index in [2.05, 4.69) is 63.7 Å². The number of aromatic amines is 1. The Morgan fingerprint density at radius 2 is 2.04 bits per heavy atom. The van der Waals surface area contributed by atoms with Gasteiger partial charge in [0.25, 0.3) is 0 Å². The number of hydrogen-bond acceptors (Lipinski definition) is 4. The molecule has 0 radical (unpaired) electrons. The smallest absolute Gasteiger partial charge is 0.141 e. The zero-order valence-electron chi connectivity index (χ0n) is 15.8. The lowest BCUT2D eigenvalue weighted by atomic mass is 9.83. The summed E-state index contributed by atoms with van der Waals surface area (Å²) >= 11 is 0. The predicted octanol–water partition coefficient (Wildman–Crippen LogP) is 4.41. The summed E-state index contributed by atoms with van der Waals surface area (Å²) in [4.78, 5) is 2.39. The van der Waals surface area contributed by atoms with Gasteiger partial charge in [-0.2, -0.15) is 5.10 Å². The van der Waals surface area contributed by atoms with E-state index in [9.17, 15) is 0 Å². The average Bonchev–Trinajstić information content (AvgIpc) is 3.26. The second kappa shape index (κ2) is 6.06. The van der Waals surface area contributed by atoms with Crippen molar-refractivity contribution in [3.8, 4) is 11.1 Å². The highest BCUT2D eigenvalue weighted by atomic mass is 16.5. The van der Waals surface area contributed by atoms with Crippen molar-refractivity contribution < 1.29 is 4.52 Å². The van der Waals surface area contributed by atoms with Crippen LogP contribution in [0.1, 0.15) is 34.1 Å². The fourth-order valence-electron chi connectivity index (χ4n) is 4.36. The van der Waals surface area contributed by atoms with E-state index in [0.717, 1.165) is 41.0 Å². The molecule has 1 unspecified atom stereocenters. The Kier molecular flexibility index (Phi) is 3.65. The standard InChI is InChI=1S/C22H22N4O/c1-13-22(14(2)27-25-13)16-4-6-19-18(9-16)11-26(3)12-20(19)15-5-7-21-17(8-15)10-23-24-21/h4-10,20H,11-12H2,1-3H3,(H,23,24). The maximum absolute atomic E-state index is 5.37. The van der Waals surface area contributed by atoms with Crippen LogP contribution >= 0.6 is 0 Å². The maximum atomic E-state index is 5.37. The lowest BCUT2D eigenvalue weighted by molar-refractivity contribution is 0.295. The minimum Gasteiger partial charge on any atom is -0.361 e. The van der Waals surface area contributed by atoms with Crippen LogP contribution in [0, 0.1) is 13.8 Å². The van der Waals surface area contributed by atoms with E-state index >= 15 is 0 Å². The van der Waals surface area contributed by atoms with Crippen molar-refractivity contribution in [2.24, 2.45) is 0 Å². The Morgan fingerprint density at radius 3 is 2.85 bits per heavy atom. The number of nitrogens with one attached hydrogen (secondary N) is 1. The first-order chi connectivity index (χ1) is 13.1. The van der Waals surface area contributed by atoms with E-state index in [-0.39, 0.29) is 0 Å². The number of hydrogen-bond donors (Lipinski definition) is 1. The van der Waals surface area contributed by atoms with Crippen LogP contribution in [0.4, 0.5) is 0 Å². The van der Waals surface area contributed by atoms with Crippen molar-refractivity contribution >= 4 is 10.9 Å². The highest BCUT2D eigenvalue weighted by molar-refractivity contribution is 5.79. The SMILES string of the molecule is Cc1noc(C)c1-c1ccc2c(c1)CN(C)CC2c1ccc2[nH]ncc2c1. The molecule has 5 nitrogen and oxygen atoms in total. The molecule has 5 heteroatoms. The van der Waals surface area contributed by atoms with Crippen LogP contribution in [0.3, 0.4) is 0 Å². The van der Waals surface area contributed by atoms with Crippen molar-refractivity contribution in [1.82, 2.24) is 20.3 Å². The molecule has 1 aliphatic heterocycles. The second-order valence-electron chi connectivity index (χ2n) is 7.58. The highest BCUT2D eigenvalue weighted by Gasteiger charge is 2.26. The number of aromatic nitrogens is 3. The number of nitrogens with zero attached hydrogens (tertiary/aromatic N) is 3. The third-order valence-electron chi connectivity index (χ3n) is 5.64. The van der Waals surface area contributed by atoms with Gasteiger partial charge in [-0.05, 0) is 61.3 Å². The van der Waals surface area contributed by atoms with E-state index in [1.165, 1.54) is 22.3 Å². The van der Waals surface area contributed by atoms with Gasteiger partial charge in [-0.25, -0.2) is 0 Å². The molecule has 0 bridgehead atoms. The fraction of sp³-hybridized carbons (Fsp3) is 0.273. The van der Waals surface area contributed by atoms with Gasteiger partial charge in [-0.3, -0.25) is 5.10 Å². The summed E-state index contributed by atoms with van der Waals surface area (Å²) in [6, 6.07) is 13.4. The van der Waals surface area contributed by atoms with Crippen LogP contribution in [-0.2, 0) is 6.54 Å². The van der Waals surface area contributed by atoms with Crippen molar-refractivity contribution in [3.63, 3.8) is 0 Å². The molecule has 0 amide bonds. The van der Waals surface area contributed by atoms with Gasteiger partial charge in [-0.15, -0.1) is 0 Å². The van der Waals surface area contributed by atoms with E-state index < -0.39 is 0 Å². The largest absolute Gasteiger partial charge is 0.361 e. The Labute approximate surface area is 158 Å². The zero-order valence-corrected chi connectivity index (χ0v) is 15.8. The van der Waals surface area contributed by atoms with Gasteiger partial charge in [0.1, 0.15) is 5.76 Å². The van der Waals surface area contributed by atoms with E-state index in [4.69, 9.17) is 4.52 Å². The highest BCUT2D eigenvalue weighted by Crippen LogP contribution is 2.37. The molecule has 2 aromatic heterocycles. The minimum atomic E-state index is 0.358. The van der Waals surface area contributed by atoms with E-state index in [1.807, 2.05) is 20.0 Å². The number of fused-ring (bicyclic) bond motifs is 2. The molecule has 0 saturated heterocycles. The van der Waals surface area contributed by atoms with E-state index in [1.54, 1.807) is 0 Å². The molecule has 1 atom stereocenters. The Balaban J connectivity index is 1.61. The van der Waals surface area contributed by atoms with Gasteiger partial charge < -0.3 is 9.42 Å². The predicted molar refractivity (Wildman–Crippen MR) is 106 cm³/mol. The summed E-state index contributed by atoms with van der Waals surface area (Å²) in [5, 5.41) is 12.5. The number of rotatable bonds is 2. The molecule has 136 valence electrons.